The lowest BCUT2D eigenvalue weighted by atomic mass is 9.82. The fourth-order valence-electron chi connectivity index (χ4n) is 2.61. The maximum atomic E-state index is 12.6. The Kier molecular flexibility index (Phi) is 5.97. The van der Waals surface area contributed by atoms with Crippen molar-refractivity contribution >= 4 is 17.6 Å². The minimum absolute atomic E-state index is 0.116. The third-order valence-corrected chi connectivity index (χ3v) is 4.28. The van der Waals surface area contributed by atoms with E-state index >= 15 is 0 Å². The van der Waals surface area contributed by atoms with Crippen molar-refractivity contribution in [2.45, 2.75) is 46.1 Å². The molecule has 0 radical (unpaired) electrons. The normalized spacial score (nSPS) is 21.5. The Bertz CT molecular complexity index is 577. The molecule has 3 atom stereocenters. The molecular weight excluding hydrogens is 290 g/mol. The minimum atomic E-state index is -0.403. The number of rotatable bonds is 5. The zero-order valence-electron chi connectivity index (χ0n) is 14.0. The second-order valence-electron chi connectivity index (χ2n) is 6.17. The summed E-state index contributed by atoms with van der Waals surface area (Å²) in [6.45, 7) is 5.84. The SMILES string of the molecule is CC[C@H](C)OC(=O)[C@@H]1CC=CC[C@H]1C(=O)Nc1ccc(C)cc1. The van der Waals surface area contributed by atoms with E-state index < -0.39 is 5.92 Å². The lowest BCUT2D eigenvalue weighted by Crippen LogP contribution is -2.36. The average Bonchev–Trinajstić information content (AvgIpc) is 2.56. The number of hydrogen-bond donors (Lipinski definition) is 1. The first-order valence-corrected chi connectivity index (χ1v) is 8.24. The molecule has 4 nitrogen and oxygen atoms in total. The van der Waals surface area contributed by atoms with E-state index in [1.54, 1.807) is 0 Å². The molecule has 1 aliphatic rings. The number of allylic oxidation sites excluding steroid dienone is 2. The van der Waals surface area contributed by atoms with Gasteiger partial charge in [-0.1, -0.05) is 36.8 Å². The molecule has 1 amide bonds. The van der Waals surface area contributed by atoms with Gasteiger partial charge in [0.05, 0.1) is 17.9 Å². The zero-order valence-corrected chi connectivity index (χ0v) is 14.0. The zero-order chi connectivity index (χ0) is 16.8. The van der Waals surface area contributed by atoms with E-state index in [4.69, 9.17) is 4.74 Å². The summed E-state index contributed by atoms with van der Waals surface area (Å²) in [6, 6.07) is 7.65. The topological polar surface area (TPSA) is 55.4 Å². The van der Waals surface area contributed by atoms with Crippen LogP contribution in [0.5, 0.6) is 0 Å². The lowest BCUT2D eigenvalue weighted by Gasteiger charge is -2.27. The molecule has 0 unspecified atom stereocenters. The largest absolute Gasteiger partial charge is 0.462 e. The van der Waals surface area contributed by atoms with Gasteiger partial charge in [-0.25, -0.2) is 0 Å². The first-order valence-electron chi connectivity index (χ1n) is 8.24. The van der Waals surface area contributed by atoms with E-state index in [0.29, 0.717) is 12.8 Å². The van der Waals surface area contributed by atoms with Crippen LogP contribution < -0.4 is 5.32 Å². The molecule has 1 aromatic rings. The molecule has 0 heterocycles. The van der Waals surface area contributed by atoms with Crippen LogP contribution in [-0.4, -0.2) is 18.0 Å². The molecule has 0 saturated heterocycles. The number of nitrogens with one attached hydrogen (secondary N) is 1. The first kappa shape index (κ1) is 17.3. The third kappa shape index (κ3) is 4.68. The molecule has 0 spiro atoms. The van der Waals surface area contributed by atoms with Crippen molar-refractivity contribution in [2.24, 2.45) is 11.8 Å². The fraction of sp³-hybridized carbons (Fsp3) is 0.474. The number of carbonyl (C=O) groups excluding carboxylic acids is 2. The van der Waals surface area contributed by atoms with Gasteiger partial charge in [-0.05, 0) is 45.2 Å². The second-order valence-corrected chi connectivity index (χ2v) is 6.17. The maximum Gasteiger partial charge on any atom is 0.310 e. The lowest BCUT2D eigenvalue weighted by molar-refractivity contribution is -0.157. The summed E-state index contributed by atoms with van der Waals surface area (Å²) in [7, 11) is 0. The number of benzene rings is 1. The van der Waals surface area contributed by atoms with Gasteiger partial charge in [0.15, 0.2) is 0 Å². The first-order chi connectivity index (χ1) is 11.0. The Morgan fingerprint density at radius 3 is 2.39 bits per heavy atom. The van der Waals surface area contributed by atoms with Crippen LogP contribution in [0.15, 0.2) is 36.4 Å². The molecule has 124 valence electrons. The van der Waals surface area contributed by atoms with Crippen molar-refractivity contribution in [3.63, 3.8) is 0 Å². The van der Waals surface area contributed by atoms with Crippen molar-refractivity contribution in [2.75, 3.05) is 5.32 Å². The van der Waals surface area contributed by atoms with Crippen LogP contribution in [0, 0.1) is 18.8 Å². The molecule has 1 N–H and O–H groups in total. The molecule has 0 saturated carbocycles. The monoisotopic (exact) mass is 315 g/mol. The second kappa shape index (κ2) is 7.95. The van der Waals surface area contributed by atoms with Crippen LogP contribution in [0.4, 0.5) is 5.69 Å². The summed E-state index contributed by atoms with van der Waals surface area (Å²) < 4.78 is 5.43. The molecule has 0 aliphatic heterocycles. The minimum Gasteiger partial charge on any atom is -0.462 e. The van der Waals surface area contributed by atoms with Gasteiger partial charge in [-0.15, -0.1) is 0 Å². The van der Waals surface area contributed by atoms with E-state index in [1.165, 1.54) is 0 Å². The summed E-state index contributed by atoms with van der Waals surface area (Å²) in [5, 5.41) is 2.91. The third-order valence-electron chi connectivity index (χ3n) is 4.28. The summed E-state index contributed by atoms with van der Waals surface area (Å²) in [5.74, 6) is -1.17. The van der Waals surface area contributed by atoms with E-state index in [1.807, 2.05) is 57.2 Å². The van der Waals surface area contributed by atoms with Gasteiger partial charge in [0.2, 0.25) is 5.91 Å². The van der Waals surface area contributed by atoms with Crippen molar-refractivity contribution in [3.8, 4) is 0 Å². The maximum absolute atomic E-state index is 12.6. The molecule has 23 heavy (non-hydrogen) atoms. The van der Waals surface area contributed by atoms with Crippen LogP contribution in [0.2, 0.25) is 0 Å². The molecule has 1 aromatic carbocycles. The van der Waals surface area contributed by atoms with Crippen molar-refractivity contribution in [1.29, 1.82) is 0 Å². The number of esters is 1. The van der Waals surface area contributed by atoms with Crippen LogP contribution >= 0.6 is 0 Å². The standard InChI is InChI=1S/C19H25NO3/c1-4-14(3)23-19(22)17-8-6-5-7-16(17)18(21)20-15-11-9-13(2)10-12-15/h5-6,9-12,14,16-17H,4,7-8H2,1-3H3,(H,20,21)/t14-,16+,17+/m0/s1. The Hall–Kier alpha value is -2.10. The van der Waals surface area contributed by atoms with Gasteiger partial charge in [0.25, 0.3) is 0 Å². The van der Waals surface area contributed by atoms with Crippen LogP contribution in [0.3, 0.4) is 0 Å². The van der Waals surface area contributed by atoms with E-state index in [0.717, 1.165) is 17.7 Å². The molecule has 0 fully saturated rings. The highest BCUT2D eigenvalue weighted by atomic mass is 16.5. The Labute approximate surface area is 137 Å². The van der Waals surface area contributed by atoms with Crippen molar-refractivity contribution in [3.05, 3.63) is 42.0 Å². The Balaban J connectivity index is 2.05. The summed E-state index contributed by atoms with van der Waals surface area (Å²) in [4.78, 5) is 24.9. The molecule has 0 bridgehead atoms. The number of amides is 1. The van der Waals surface area contributed by atoms with Crippen LogP contribution in [0.1, 0.15) is 38.7 Å². The van der Waals surface area contributed by atoms with Gasteiger partial charge >= 0.3 is 5.97 Å². The number of anilines is 1. The average molecular weight is 315 g/mol. The smallest absolute Gasteiger partial charge is 0.310 e. The van der Waals surface area contributed by atoms with Gasteiger partial charge in [0, 0.05) is 5.69 Å². The molecule has 2 rings (SSSR count). The molecule has 0 aromatic heterocycles. The quantitative estimate of drug-likeness (QED) is 0.663. The number of aryl methyl sites for hydroxylation is 1. The van der Waals surface area contributed by atoms with Crippen molar-refractivity contribution < 1.29 is 14.3 Å². The highest BCUT2D eigenvalue weighted by Crippen LogP contribution is 2.28. The van der Waals surface area contributed by atoms with Gasteiger partial charge in [0.1, 0.15) is 0 Å². The molecule has 1 aliphatic carbocycles. The van der Waals surface area contributed by atoms with Crippen molar-refractivity contribution in [1.82, 2.24) is 0 Å². The van der Waals surface area contributed by atoms with E-state index in [9.17, 15) is 9.59 Å². The number of hydrogen-bond acceptors (Lipinski definition) is 3. The Morgan fingerprint density at radius 2 is 1.78 bits per heavy atom. The fourth-order valence-corrected chi connectivity index (χ4v) is 2.61. The van der Waals surface area contributed by atoms with E-state index in [-0.39, 0.29) is 23.9 Å². The van der Waals surface area contributed by atoms with Gasteiger partial charge < -0.3 is 10.1 Å². The predicted octanol–water partition coefficient (Wildman–Crippen LogP) is 3.86. The van der Waals surface area contributed by atoms with Crippen LogP contribution in [0.25, 0.3) is 0 Å². The summed E-state index contributed by atoms with van der Waals surface area (Å²) >= 11 is 0. The number of ether oxygens (including phenoxy) is 1. The highest BCUT2D eigenvalue weighted by molar-refractivity contribution is 5.95. The van der Waals surface area contributed by atoms with Gasteiger partial charge in [-0.3, -0.25) is 9.59 Å². The highest BCUT2D eigenvalue weighted by Gasteiger charge is 2.35. The van der Waals surface area contributed by atoms with Crippen LogP contribution in [-0.2, 0) is 14.3 Å². The summed E-state index contributed by atoms with van der Waals surface area (Å²) in [6.07, 6.45) is 5.70. The Morgan fingerprint density at radius 1 is 1.17 bits per heavy atom. The number of carbonyl (C=O) groups is 2. The molecule has 4 heteroatoms. The van der Waals surface area contributed by atoms with E-state index in [2.05, 4.69) is 5.32 Å². The predicted molar refractivity (Wildman–Crippen MR) is 91.0 cm³/mol. The van der Waals surface area contributed by atoms with Gasteiger partial charge in [-0.2, -0.15) is 0 Å². The molecular formula is C19H25NO3. The summed E-state index contributed by atoms with van der Waals surface area (Å²) in [5.41, 5.74) is 1.89.